The Kier molecular flexibility index (Phi) is 17.9. The molecule has 0 aliphatic rings. The summed E-state index contributed by atoms with van der Waals surface area (Å²) in [7, 11) is 1.55. The van der Waals surface area contributed by atoms with Gasteiger partial charge in [0.25, 0.3) is 5.69 Å². The molecule has 0 radical (unpaired) electrons. The normalized spacial score (nSPS) is 12.2. The molecule has 11 nitrogen and oxygen atoms in total. The molecule has 0 aliphatic carbocycles. The van der Waals surface area contributed by atoms with Gasteiger partial charge in [-0.3, -0.25) is 14.9 Å². The van der Waals surface area contributed by atoms with Gasteiger partial charge in [-0.25, -0.2) is 0 Å². The van der Waals surface area contributed by atoms with Gasteiger partial charge in [-0.05, 0) is 79.6 Å². The Morgan fingerprint density at radius 3 is 1.92 bits per heavy atom. The third kappa shape index (κ3) is 14.2. The summed E-state index contributed by atoms with van der Waals surface area (Å²) in [4.78, 5) is 25.8. The van der Waals surface area contributed by atoms with Crippen LogP contribution in [0.15, 0.2) is 81.1 Å². The van der Waals surface area contributed by atoms with Gasteiger partial charge in [-0.1, -0.05) is 79.6 Å². The molecule has 0 spiro atoms. The molecule has 0 N–H and O–H groups in total. The van der Waals surface area contributed by atoms with E-state index >= 15 is 0 Å². The average molecular weight is 715 g/mol. The lowest BCUT2D eigenvalue weighted by molar-refractivity contribution is -0.384. The van der Waals surface area contributed by atoms with Crippen LogP contribution in [0.25, 0.3) is 0 Å². The van der Waals surface area contributed by atoms with Gasteiger partial charge in [0, 0.05) is 30.4 Å². The Morgan fingerprint density at radius 1 is 0.788 bits per heavy atom. The highest BCUT2D eigenvalue weighted by Crippen LogP contribution is 2.37. The predicted octanol–water partition coefficient (Wildman–Crippen LogP) is 12.6. The molecule has 1 atom stereocenters. The highest BCUT2D eigenvalue weighted by Gasteiger charge is 2.25. The van der Waals surface area contributed by atoms with Gasteiger partial charge >= 0.3 is 5.97 Å². The van der Waals surface area contributed by atoms with Crippen LogP contribution in [0.1, 0.15) is 98.0 Å². The number of methoxy groups -OCH3 is 1. The standard InChI is InChI=1S/C41H58N6O5/c1-8-9-10-11-12-13-14-15-24-46(25-26-52-41(48)37(31(4)5)27-30(2)3)35-20-16-33(17-21-35)42-44-38-29-40(51-7)39(28-32(38)6)45-43-34-18-22-36(23-19-34)47(49)50/h16-23,28-31,37H,8-15,24-27H2,1-7H3/b44-42+,45-43+. The Bertz CT molecular complexity index is 1590. The number of benzene rings is 3. The van der Waals surface area contributed by atoms with Crippen molar-refractivity contribution in [2.24, 2.45) is 38.2 Å². The first-order valence-electron chi connectivity index (χ1n) is 18.8. The summed E-state index contributed by atoms with van der Waals surface area (Å²) >= 11 is 0. The zero-order valence-corrected chi connectivity index (χ0v) is 32.2. The largest absolute Gasteiger partial charge is 0.494 e. The van der Waals surface area contributed by atoms with E-state index in [0.29, 0.717) is 47.6 Å². The van der Waals surface area contributed by atoms with Crippen LogP contribution in [0.4, 0.5) is 34.1 Å². The minimum atomic E-state index is -0.457. The van der Waals surface area contributed by atoms with Crippen LogP contribution < -0.4 is 9.64 Å². The predicted molar refractivity (Wildman–Crippen MR) is 209 cm³/mol. The molecular weight excluding hydrogens is 656 g/mol. The van der Waals surface area contributed by atoms with E-state index < -0.39 is 4.92 Å². The number of rotatable bonds is 23. The van der Waals surface area contributed by atoms with E-state index in [-0.39, 0.29) is 23.5 Å². The van der Waals surface area contributed by atoms with Crippen molar-refractivity contribution < 1.29 is 19.2 Å². The third-order valence-corrected chi connectivity index (χ3v) is 9.04. The molecule has 52 heavy (non-hydrogen) atoms. The first kappa shape index (κ1) is 41.7. The van der Waals surface area contributed by atoms with Gasteiger partial charge in [0.1, 0.15) is 18.0 Å². The van der Waals surface area contributed by atoms with Crippen LogP contribution in [-0.4, -0.2) is 37.7 Å². The van der Waals surface area contributed by atoms with E-state index in [2.05, 4.69) is 60.0 Å². The molecule has 0 heterocycles. The van der Waals surface area contributed by atoms with E-state index in [9.17, 15) is 14.9 Å². The zero-order chi connectivity index (χ0) is 37.9. The number of nitro groups is 1. The second-order valence-corrected chi connectivity index (χ2v) is 14.1. The lowest BCUT2D eigenvalue weighted by Gasteiger charge is -2.26. The molecule has 3 aromatic rings. The highest BCUT2D eigenvalue weighted by molar-refractivity contribution is 5.72. The lowest BCUT2D eigenvalue weighted by atomic mass is 9.88. The van der Waals surface area contributed by atoms with E-state index in [4.69, 9.17) is 9.47 Å². The van der Waals surface area contributed by atoms with Crippen molar-refractivity contribution in [1.82, 2.24) is 0 Å². The number of nitro benzene ring substituents is 1. The van der Waals surface area contributed by atoms with E-state index in [0.717, 1.165) is 30.6 Å². The highest BCUT2D eigenvalue weighted by atomic mass is 16.6. The quantitative estimate of drug-likeness (QED) is 0.0316. The molecular formula is C41H58N6O5. The molecule has 0 amide bonds. The molecule has 0 saturated carbocycles. The molecule has 3 aromatic carbocycles. The van der Waals surface area contributed by atoms with Crippen LogP contribution in [-0.2, 0) is 9.53 Å². The Balaban J connectivity index is 1.68. The van der Waals surface area contributed by atoms with Crippen molar-refractivity contribution in [2.75, 3.05) is 31.7 Å². The molecule has 11 heteroatoms. The first-order chi connectivity index (χ1) is 25.0. The zero-order valence-electron chi connectivity index (χ0n) is 32.2. The van der Waals surface area contributed by atoms with E-state index in [1.807, 2.05) is 37.3 Å². The SMILES string of the molecule is CCCCCCCCCCN(CCOC(=O)C(CC(C)C)C(C)C)c1ccc(/N=N/c2cc(OC)c(/N=N/c3ccc([N+](=O)[O-])cc3)cc2C)cc1. The molecule has 282 valence electrons. The number of nitrogens with zero attached hydrogens (tertiary/aromatic N) is 6. The molecule has 0 aliphatic heterocycles. The maximum atomic E-state index is 13.0. The van der Waals surface area contributed by atoms with E-state index in [1.165, 1.54) is 69.2 Å². The monoisotopic (exact) mass is 714 g/mol. The Morgan fingerprint density at radius 2 is 1.37 bits per heavy atom. The van der Waals surface area contributed by atoms with Crippen molar-refractivity contribution in [2.45, 2.75) is 99.3 Å². The van der Waals surface area contributed by atoms with Crippen molar-refractivity contribution in [3.63, 3.8) is 0 Å². The number of azo groups is 2. The minimum absolute atomic E-state index is 0.0112. The van der Waals surface area contributed by atoms with Gasteiger partial charge in [-0.2, -0.15) is 15.3 Å². The number of hydrogen-bond donors (Lipinski definition) is 0. The molecule has 0 fully saturated rings. The number of hydrogen-bond acceptors (Lipinski definition) is 10. The van der Waals surface area contributed by atoms with Crippen LogP contribution in [0, 0.1) is 34.8 Å². The second kappa shape index (κ2) is 22.3. The van der Waals surface area contributed by atoms with Gasteiger partial charge in [0.05, 0.1) is 41.6 Å². The molecule has 0 saturated heterocycles. The molecule has 0 bridgehead atoms. The van der Waals surface area contributed by atoms with Crippen LogP contribution >= 0.6 is 0 Å². The van der Waals surface area contributed by atoms with Crippen molar-refractivity contribution in [3.05, 3.63) is 76.3 Å². The van der Waals surface area contributed by atoms with E-state index in [1.54, 1.807) is 13.2 Å². The van der Waals surface area contributed by atoms with Gasteiger partial charge in [0.2, 0.25) is 0 Å². The molecule has 0 aromatic heterocycles. The number of esters is 1. The fourth-order valence-corrected chi connectivity index (χ4v) is 5.92. The Labute approximate surface area is 310 Å². The summed E-state index contributed by atoms with van der Waals surface area (Å²) in [5.74, 6) is 0.971. The smallest absolute Gasteiger partial charge is 0.309 e. The van der Waals surface area contributed by atoms with Crippen molar-refractivity contribution >= 4 is 40.1 Å². The number of ether oxygens (including phenoxy) is 2. The number of anilines is 1. The van der Waals surface area contributed by atoms with Gasteiger partial charge in [0.15, 0.2) is 0 Å². The van der Waals surface area contributed by atoms with Gasteiger partial charge in [-0.15, -0.1) is 5.11 Å². The summed E-state index contributed by atoms with van der Waals surface area (Å²) in [6, 6.07) is 17.4. The fraction of sp³-hybridized carbons (Fsp3) is 0.537. The molecule has 3 rings (SSSR count). The summed E-state index contributed by atoms with van der Waals surface area (Å²) in [5.41, 5.74) is 4.20. The summed E-state index contributed by atoms with van der Waals surface area (Å²) in [6.45, 7) is 14.5. The number of carbonyl (C=O) groups is 1. The fourth-order valence-electron chi connectivity index (χ4n) is 5.92. The maximum Gasteiger partial charge on any atom is 0.309 e. The number of unbranched alkanes of at least 4 members (excludes halogenated alkanes) is 7. The molecule has 1 unspecified atom stereocenters. The number of non-ortho nitro benzene ring substituents is 1. The van der Waals surface area contributed by atoms with Gasteiger partial charge < -0.3 is 14.4 Å². The van der Waals surface area contributed by atoms with Crippen LogP contribution in [0.3, 0.4) is 0 Å². The summed E-state index contributed by atoms with van der Waals surface area (Å²) in [5, 5.41) is 28.4. The van der Waals surface area contributed by atoms with Crippen LogP contribution in [0.5, 0.6) is 5.75 Å². The topological polar surface area (TPSA) is 131 Å². The lowest BCUT2D eigenvalue weighted by Crippen LogP contribution is -2.31. The van der Waals surface area contributed by atoms with Crippen molar-refractivity contribution in [3.8, 4) is 5.75 Å². The number of carbonyl (C=O) groups excluding carboxylic acids is 1. The average Bonchev–Trinajstić information content (AvgIpc) is 3.13. The first-order valence-corrected chi connectivity index (χ1v) is 18.8. The minimum Gasteiger partial charge on any atom is -0.494 e. The maximum absolute atomic E-state index is 13.0. The third-order valence-electron chi connectivity index (χ3n) is 9.04. The van der Waals surface area contributed by atoms with Crippen molar-refractivity contribution in [1.29, 1.82) is 0 Å². The summed E-state index contributed by atoms with van der Waals surface area (Å²) < 4.78 is 11.4. The second-order valence-electron chi connectivity index (χ2n) is 14.1. The van der Waals surface area contributed by atoms with Crippen LogP contribution in [0.2, 0.25) is 0 Å². The summed E-state index contributed by atoms with van der Waals surface area (Å²) in [6.07, 6.45) is 10.8. The Hall–Kier alpha value is -4.67. The number of aryl methyl sites for hydroxylation is 1.